The van der Waals surface area contributed by atoms with E-state index in [0.717, 1.165) is 19.3 Å². The van der Waals surface area contributed by atoms with Crippen molar-refractivity contribution in [1.82, 2.24) is 0 Å². The number of carbonyl (C=O) groups is 2. The summed E-state index contributed by atoms with van der Waals surface area (Å²) >= 11 is 0. The van der Waals surface area contributed by atoms with Crippen LogP contribution in [0.25, 0.3) is 0 Å². The average Bonchev–Trinajstić information content (AvgIpc) is 2.91. The van der Waals surface area contributed by atoms with Crippen LogP contribution in [0.3, 0.4) is 0 Å². The summed E-state index contributed by atoms with van der Waals surface area (Å²) in [4.78, 5) is 23.9. The third-order valence-corrected chi connectivity index (χ3v) is 5.54. The zero-order valence-corrected chi connectivity index (χ0v) is 13.6. The Balaban J connectivity index is 1.54. The lowest BCUT2D eigenvalue weighted by molar-refractivity contribution is -0.155. The van der Waals surface area contributed by atoms with Crippen LogP contribution < -0.4 is 0 Å². The second-order valence-corrected chi connectivity index (χ2v) is 6.98. The molecule has 1 aliphatic heterocycles. The fourth-order valence-electron chi connectivity index (χ4n) is 4.31. The number of carbonyl (C=O) groups excluding carboxylic acids is 2. The average molecular weight is 326 g/mol. The lowest BCUT2D eigenvalue weighted by Gasteiger charge is -2.36. The maximum atomic E-state index is 12.1. The van der Waals surface area contributed by atoms with E-state index in [1.165, 1.54) is 12.0 Å². The predicted molar refractivity (Wildman–Crippen MR) is 88.1 cm³/mol. The van der Waals surface area contributed by atoms with Crippen LogP contribution in [-0.2, 0) is 19.1 Å². The maximum absolute atomic E-state index is 12.1. The molecule has 5 atom stereocenters. The Morgan fingerprint density at radius 2 is 1.75 bits per heavy atom. The number of benzene rings is 1. The molecule has 0 spiro atoms. The summed E-state index contributed by atoms with van der Waals surface area (Å²) in [6.07, 6.45) is 8.63. The Bertz CT molecular complexity index is 651. The molecule has 0 N–H and O–H groups in total. The lowest BCUT2D eigenvalue weighted by atomic mass is 9.80. The normalized spacial score (nSPS) is 35.6. The Hall–Kier alpha value is -1.94. The molecule has 4 rings (SSSR count). The summed E-state index contributed by atoms with van der Waals surface area (Å²) in [5.41, 5.74) is 1.30. The molecule has 0 amide bonds. The number of rotatable bonds is 3. The summed E-state index contributed by atoms with van der Waals surface area (Å²) in [5, 5.41) is 0. The third-order valence-electron chi connectivity index (χ3n) is 5.54. The van der Waals surface area contributed by atoms with Crippen molar-refractivity contribution in [3.05, 3.63) is 48.0 Å². The zero-order chi connectivity index (χ0) is 16.5. The lowest BCUT2D eigenvalue weighted by Crippen LogP contribution is -2.39. The van der Waals surface area contributed by atoms with Crippen LogP contribution in [0.1, 0.15) is 43.6 Å². The number of hydrogen-bond donors (Lipinski definition) is 0. The van der Waals surface area contributed by atoms with Crippen molar-refractivity contribution in [1.29, 1.82) is 0 Å². The van der Waals surface area contributed by atoms with E-state index in [0.29, 0.717) is 12.3 Å². The minimum atomic E-state index is -0.471. The molecular formula is C20H22O4. The Morgan fingerprint density at radius 1 is 0.958 bits per heavy atom. The van der Waals surface area contributed by atoms with Crippen LogP contribution in [-0.4, -0.2) is 24.1 Å². The van der Waals surface area contributed by atoms with Crippen LogP contribution >= 0.6 is 0 Å². The van der Waals surface area contributed by atoms with E-state index in [9.17, 15) is 9.59 Å². The molecule has 1 heterocycles. The van der Waals surface area contributed by atoms with Gasteiger partial charge in [0.2, 0.25) is 0 Å². The van der Waals surface area contributed by atoms with Crippen molar-refractivity contribution in [2.45, 2.75) is 50.2 Å². The molecular weight excluding hydrogens is 304 g/mol. The van der Waals surface area contributed by atoms with Crippen LogP contribution in [0.2, 0.25) is 0 Å². The first-order valence-corrected chi connectivity index (χ1v) is 8.86. The molecule has 1 saturated heterocycles. The summed E-state index contributed by atoms with van der Waals surface area (Å²) in [6.45, 7) is 0. The van der Waals surface area contributed by atoms with Gasteiger partial charge in [-0.2, -0.15) is 0 Å². The standard InChI is InChI=1S/C20H22O4/c21-19-15-10-6-12-17(18(15)20(22)24-19)23-16-11-5-4-9-14(16)13-7-2-1-3-8-13/h1-3,6-8,12,14-18H,4-5,9-11H2/t14-,15-,16+,17+,18-/m1/s1. The van der Waals surface area contributed by atoms with E-state index in [1.54, 1.807) is 0 Å². The highest BCUT2D eigenvalue weighted by Crippen LogP contribution is 2.40. The summed E-state index contributed by atoms with van der Waals surface area (Å²) < 4.78 is 11.2. The quantitative estimate of drug-likeness (QED) is 0.485. The smallest absolute Gasteiger partial charge is 0.320 e. The van der Waals surface area contributed by atoms with Crippen LogP contribution in [0, 0.1) is 11.8 Å². The highest BCUT2D eigenvalue weighted by atomic mass is 16.6. The van der Waals surface area contributed by atoms with E-state index in [2.05, 4.69) is 24.3 Å². The van der Waals surface area contributed by atoms with Crippen molar-refractivity contribution in [2.75, 3.05) is 0 Å². The number of allylic oxidation sites excluding steroid dienone is 1. The first-order chi connectivity index (χ1) is 11.7. The minimum absolute atomic E-state index is 0.0815. The van der Waals surface area contributed by atoms with Crippen LogP contribution in [0.15, 0.2) is 42.5 Å². The van der Waals surface area contributed by atoms with E-state index < -0.39 is 17.9 Å². The highest BCUT2D eigenvalue weighted by Gasteiger charge is 2.50. The van der Waals surface area contributed by atoms with Gasteiger partial charge in [-0.3, -0.25) is 9.59 Å². The van der Waals surface area contributed by atoms with Crippen molar-refractivity contribution in [2.24, 2.45) is 11.8 Å². The fraction of sp³-hybridized carbons (Fsp3) is 0.500. The summed E-state index contributed by atoms with van der Waals surface area (Å²) in [7, 11) is 0. The molecule has 1 aromatic carbocycles. The number of esters is 2. The molecule has 0 unspecified atom stereocenters. The van der Waals surface area contributed by atoms with Gasteiger partial charge in [-0.05, 0) is 24.8 Å². The molecule has 3 aliphatic rings. The van der Waals surface area contributed by atoms with Gasteiger partial charge < -0.3 is 9.47 Å². The number of hydrogen-bond acceptors (Lipinski definition) is 4. The van der Waals surface area contributed by atoms with Gasteiger partial charge in [0.05, 0.1) is 18.1 Å². The van der Waals surface area contributed by atoms with Gasteiger partial charge in [0.25, 0.3) is 0 Å². The van der Waals surface area contributed by atoms with E-state index in [4.69, 9.17) is 9.47 Å². The van der Waals surface area contributed by atoms with Gasteiger partial charge >= 0.3 is 11.9 Å². The van der Waals surface area contributed by atoms with Crippen molar-refractivity contribution >= 4 is 11.9 Å². The fourth-order valence-corrected chi connectivity index (χ4v) is 4.31. The van der Waals surface area contributed by atoms with Gasteiger partial charge in [-0.1, -0.05) is 55.3 Å². The molecule has 2 aliphatic carbocycles. The van der Waals surface area contributed by atoms with Gasteiger partial charge in [-0.25, -0.2) is 0 Å². The molecule has 0 aromatic heterocycles. The molecule has 1 saturated carbocycles. The Labute approximate surface area is 141 Å². The van der Waals surface area contributed by atoms with Gasteiger partial charge in [0.1, 0.15) is 5.92 Å². The summed E-state index contributed by atoms with van der Waals surface area (Å²) in [5.74, 6) is -1.31. The van der Waals surface area contributed by atoms with Crippen molar-refractivity contribution in [3.8, 4) is 0 Å². The second kappa shape index (κ2) is 6.52. The first kappa shape index (κ1) is 15.6. The van der Waals surface area contributed by atoms with Crippen LogP contribution in [0.4, 0.5) is 0 Å². The van der Waals surface area contributed by atoms with E-state index >= 15 is 0 Å². The van der Waals surface area contributed by atoms with E-state index in [1.807, 2.05) is 18.2 Å². The van der Waals surface area contributed by atoms with Crippen LogP contribution in [0.5, 0.6) is 0 Å². The molecule has 2 fully saturated rings. The second-order valence-electron chi connectivity index (χ2n) is 6.98. The molecule has 1 aromatic rings. The molecule has 4 nitrogen and oxygen atoms in total. The molecule has 4 heteroatoms. The Morgan fingerprint density at radius 3 is 2.58 bits per heavy atom. The first-order valence-electron chi connectivity index (χ1n) is 8.86. The number of cyclic esters (lactones) is 2. The van der Waals surface area contributed by atoms with Gasteiger partial charge in [0.15, 0.2) is 0 Å². The zero-order valence-electron chi connectivity index (χ0n) is 13.6. The monoisotopic (exact) mass is 326 g/mol. The van der Waals surface area contributed by atoms with Crippen molar-refractivity contribution < 1.29 is 19.1 Å². The third kappa shape index (κ3) is 2.80. The minimum Gasteiger partial charge on any atom is -0.393 e. The molecule has 126 valence electrons. The maximum Gasteiger partial charge on any atom is 0.320 e. The molecule has 0 bridgehead atoms. The van der Waals surface area contributed by atoms with Crippen molar-refractivity contribution in [3.63, 3.8) is 0 Å². The van der Waals surface area contributed by atoms with Gasteiger partial charge in [-0.15, -0.1) is 0 Å². The number of fused-ring (bicyclic) bond motifs is 1. The SMILES string of the molecule is O=C1OC(=O)[C@@H]2CC=C[C@H](O[C@H]3CCCC[C@@H]3c3ccccc3)[C@H]12. The summed E-state index contributed by atoms with van der Waals surface area (Å²) in [6, 6.07) is 10.4. The highest BCUT2D eigenvalue weighted by molar-refractivity contribution is 5.97. The number of ether oxygens (including phenoxy) is 2. The largest absolute Gasteiger partial charge is 0.393 e. The Kier molecular flexibility index (Phi) is 4.23. The van der Waals surface area contributed by atoms with E-state index in [-0.39, 0.29) is 18.1 Å². The molecule has 0 radical (unpaired) electrons. The molecule has 24 heavy (non-hydrogen) atoms. The topological polar surface area (TPSA) is 52.6 Å². The predicted octanol–water partition coefficient (Wildman–Crippen LogP) is 3.37. The van der Waals surface area contributed by atoms with Gasteiger partial charge in [0, 0.05) is 5.92 Å².